The Morgan fingerprint density at radius 3 is 1.15 bits per heavy atom. The van der Waals surface area contributed by atoms with Gasteiger partial charge in [-0.05, 0) is 84.7 Å². The lowest BCUT2D eigenvalue weighted by Crippen LogP contribution is -2.56. The minimum Gasteiger partial charge on any atom is -0.316 e. The van der Waals surface area contributed by atoms with Gasteiger partial charge in [0.25, 0.3) is 31.9 Å². The van der Waals surface area contributed by atoms with Gasteiger partial charge in [-0.15, -0.1) is 0 Å². The summed E-state index contributed by atoms with van der Waals surface area (Å²) in [5.41, 5.74) is 4.46. The maximum Gasteiger partial charge on any atom is 0.266 e. The number of anilines is 2. The average Bonchev–Trinajstić information content (AvgIpc) is 3.17. The van der Waals surface area contributed by atoms with Gasteiger partial charge in [0.05, 0.1) is 32.3 Å². The number of benzene rings is 5. The number of likely N-dealkylation sites (N-methyl/N-ethyl adjacent to an activating group) is 2. The summed E-state index contributed by atoms with van der Waals surface area (Å²) in [4.78, 5) is 30.2. The van der Waals surface area contributed by atoms with E-state index in [1.54, 1.807) is 111 Å². The Labute approximate surface area is 316 Å². The molecule has 0 bridgehead atoms. The molecule has 2 atom stereocenters. The summed E-state index contributed by atoms with van der Waals surface area (Å²) in [5, 5.41) is 0. The van der Waals surface area contributed by atoms with Gasteiger partial charge < -0.3 is 9.80 Å². The summed E-state index contributed by atoms with van der Waals surface area (Å²) in [6.45, 7) is 12.4. The van der Waals surface area contributed by atoms with Crippen LogP contribution in [0.1, 0.15) is 43.0 Å². The quantitative estimate of drug-likeness (QED) is 0.169. The second kappa shape index (κ2) is 13.5. The molecule has 274 valence electrons. The van der Waals surface area contributed by atoms with Crippen LogP contribution in [-0.2, 0) is 20.0 Å². The molecule has 2 heterocycles. The predicted octanol–water partition coefficient (Wildman–Crippen LogP) is 6.94. The van der Waals surface area contributed by atoms with Crippen LogP contribution in [0.5, 0.6) is 0 Å². The molecule has 2 aliphatic rings. The molecule has 0 radical (unpaired) electrons. The van der Waals surface area contributed by atoms with Crippen LogP contribution < -0.4 is 8.61 Å². The molecule has 2 amide bonds. The average molecular weight is 759 g/mol. The Morgan fingerprint density at radius 2 is 0.815 bits per heavy atom. The molecule has 5 aromatic rings. The van der Waals surface area contributed by atoms with Gasteiger partial charge >= 0.3 is 0 Å². The van der Waals surface area contributed by atoms with E-state index < -0.39 is 32.4 Å². The second-order valence-corrected chi connectivity index (χ2v) is 17.1. The highest BCUT2D eigenvalue weighted by atomic mass is 32.2. The first-order valence-corrected chi connectivity index (χ1v) is 20.0. The van der Waals surface area contributed by atoms with Crippen molar-refractivity contribution in [2.45, 2.75) is 36.0 Å². The van der Waals surface area contributed by atoms with E-state index in [4.69, 9.17) is 0 Å². The molecule has 2 aliphatic heterocycles. The molecule has 54 heavy (non-hydrogen) atoms. The molecule has 7 rings (SSSR count). The van der Waals surface area contributed by atoms with Crippen LogP contribution in [0, 0.1) is 13.8 Å². The van der Waals surface area contributed by atoms with E-state index >= 15 is 0 Å². The lowest BCUT2D eigenvalue weighted by atomic mass is 9.95. The Bertz CT molecular complexity index is 2390. The molecule has 10 nitrogen and oxygen atoms in total. The summed E-state index contributed by atoms with van der Waals surface area (Å²) in [6, 6.07) is 33.0. The molecule has 0 spiro atoms. The Hall–Kier alpha value is -5.98. The third-order valence-electron chi connectivity index (χ3n) is 9.97. The van der Waals surface area contributed by atoms with Crippen molar-refractivity contribution in [2.24, 2.45) is 0 Å². The van der Waals surface area contributed by atoms with Crippen LogP contribution in [0.4, 0.5) is 11.4 Å². The Balaban J connectivity index is 1.28. The summed E-state index contributed by atoms with van der Waals surface area (Å²) >= 11 is 0. The lowest BCUT2D eigenvalue weighted by Gasteiger charge is -2.44. The Morgan fingerprint density at radius 1 is 0.500 bits per heavy atom. The van der Waals surface area contributed by atoms with Gasteiger partial charge in [-0.2, -0.15) is 0 Å². The number of fused-ring (bicyclic) bond motifs is 2. The number of hydrogen-bond acceptors (Lipinski definition) is 6. The van der Waals surface area contributed by atoms with E-state index in [0.29, 0.717) is 22.3 Å². The molecule has 0 aliphatic carbocycles. The predicted molar refractivity (Wildman–Crippen MR) is 211 cm³/mol. The molecule has 2 unspecified atom stereocenters. The van der Waals surface area contributed by atoms with Crippen molar-refractivity contribution in [3.8, 4) is 0 Å². The number of rotatable bonds is 8. The first-order chi connectivity index (χ1) is 25.6. The zero-order valence-electron chi connectivity index (χ0n) is 30.2. The second-order valence-electron chi connectivity index (χ2n) is 13.5. The number of amides is 2. The van der Waals surface area contributed by atoms with Crippen LogP contribution >= 0.6 is 0 Å². The first kappa shape index (κ1) is 36.4. The highest BCUT2D eigenvalue weighted by Crippen LogP contribution is 2.42. The normalized spacial score (nSPS) is 17.3. The van der Waals surface area contributed by atoms with E-state index in [-0.39, 0.29) is 44.1 Å². The molecule has 0 aromatic heterocycles. The van der Waals surface area contributed by atoms with E-state index in [9.17, 15) is 26.4 Å². The molecule has 0 N–H and O–H groups in total. The molecular formula is C42H38N4O6S2. The fraction of sp³-hybridized carbons (Fsp3) is 0.143. The van der Waals surface area contributed by atoms with Crippen molar-refractivity contribution in [3.05, 3.63) is 168 Å². The van der Waals surface area contributed by atoms with Gasteiger partial charge in [0.2, 0.25) is 0 Å². The molecule has 5 aromatic carbocycles. The number of hydrogen-bond donors (Lipinski definition) is 0. The number of carbonyl (C=O) groups excluding carboxylic acids is 2. The van der Waals surface area contributed by atoms with Gasteiger partial charge in [-0.3, -0.25) is 9.59 Å². The Kier molecular flexibility index (Phi) is 9.07. The van der Waals surface area contributed by atoms with Crippen LogP contribution in [0.2, 0.25) is 0 Å². The van der Waals surface area contributed by atoms with Gasteiger partial charge in [-0.25, -0.2) is 25.4 Å². The van der Waals surface area contributed by atoms with E-state index in [0.717, 1.165) is 11.1 Å². The fourth-order valence-electron chi connectivity index (χ4n) is 6.99. The topological polar surface area (TPSA) is 115 Å². The molecule has 0 fully saturated rings. The minimum absolute atomic E-state index is 0.0629. The van der Waals surface area contributed by atoms with Crippen molar-refractivity contribution in [1.82, 2.24) is 9.80 Å². The third-order valence-corrected chi connectivity index (χ3v) is 13.5. The zero-order valence-corrected chi connectivity index (χ0v) is 31.8. The van der Waals surface area contributed by atoms with Crippen LogP contribution in [0.15, 0.2) is 144 Å². The molecular weight excluding hydrogens is 721 g/mol. The fourth-order valence-corrected chi connectivity index (χ4v) is 10.3. The van der Waals surface area contributed by atoms with Gasteiger partial charge in [-0.1, -0.05) is 97.1 Å². The van der Waals surface area contributed by atoms with E-state index in [1.807, 2.05) is 13.8 Å². The maximum absolute atomic E-state index is 14.4. The molecule has 0 saturated heterocycles. The highest BCUT2D eigenvalue weighted by molar-refractivity contribution is 7.93. The van der Waals surface area contributed by atoms with Crippen molar-refractivity contribution in [3.63, 3.8) is 0 Å². The molecule has 12 heteroatoms. The largest absolute Gasteiger partial charge is 0.316 e. The smallest absolute Gasteiger partial charge is 0.266 e. The zero-order chi connectivity index (χ0) is 38.7. The van der Waals surface area contributed by atoms with Gasteiger partial charge in [0, 0.05) is 14.1 Å². The van der Waals surface area contributed by atoms with Crippen molar-refractivity contribution < 1.29 is 26.4 Å². The maximum atomic E-state index is 14.4. The highest BCUT2D eigenvalue weighted by Gasteiger charge is 2.45. The van der Waals surface area contributed by atoms with E-state index in [2.05, 4.69) is 13.2 Å². The van der Waals surface area contributed by atoms with Crippen molar-refractivity contribution in [2.75, 3.05) is 22.7 Å². The SMILES string of the molecule is C=C(c1ccc(C(=C)C2N(C)C(=O)c3ccccc3N2S(=O)(=O)c2ccc(C)cc2)cc1)C1N(C)C(=O)c2ccccc2N1S(=O)(=O)c1ccc(C)cc1. The summed E-state index contributed by atoms with van der Waals surface area (Å²) in [6.07, 6.45) is -2.25. The number of para-hydroxylation sites is 2. The van der Waals surface area contributed by atoms with Crippen LogP contribution in [0.25, 0.3) is 11.1 Å². The number of nitrogens with zero attached hydrogens (tertiary/aromatic N) is 4. The number of aryl methyl sites for hydroxylation is 2. The monoisotopic (exact) mass is 758 g/mol. The van der Waals surface area contributed by atoms with E-state index in [1.165, 1.54) is 42.7 Å². The van der Waals surface area contributed by atoms with Crippen molar-refractivity contribution >= 4 is 54.4 Å². The van der Waals surface area contributed by atoms with Gasteiger partial charge in [0.15, 0.2) is 0 Å². The lowest BCUT2D eigenvalue weighted by molar-refractivity contribution is 0.0750. The standard InChI is InChI=1S/C42H38N4O6S2/c1-27-15-23-33(24-16-27)53(49,50)45-37-13-9-7-11-35(37)41(47)43(5)39(45)29(3)31-19-21-32(22-20-31)30(4)40-44(6)42(48)36-12-8-10-14-38(36)46(40)54(51,52)34-25-17-28(2)18-26-34/h7-26,39-40H,3-4H2,1-2,5-6H3. The number of carbonyl (C=O) groups is 2. The first-order valence-electron chi connectivity index (χ1n) is 17.1. The number of sulfonamides is 2. The van der Waals surface area contributed by atoms with Crippen LogP contribution in [0.3, 0.4) is 0 Å². The van der Waals surface area contributed by atoms with Crippen molar-refractivity contribution in [1.29, 1.82) is 0 Å². The third kappa shape index (κ3) is 5.87. The summed E-state index contributed by atoms with van der Waals surface area (Å²) < 4.78 is 60.1. The minimum atomic E-state index is -4.20. The molecule has 0 saturated carbocycles. The van der Waals surface area contributed by atoms with Gasteiger partial charge in [0.1, 0.15) is 12.3 Å². The van der Waals surface area contributed by atoms with Crippen LogP contribution in [-0.4, -0.2) is 64.9 Å². The summed E-state index contributed by atoms with van der Waals surface area (Å²) in [7, 11) is -5.33. The summed E-state index contributed by atoms with van der Waals surface area (Å²) in [5.74, 6) is -0.727.